The predicted octanol–water partition coefficient (Wildman–Crippen LogP) is 1.75. The first-order valence-corrected chi connectivity index (χ1v) is 8.81. The highest BCUT2D eigenvalue weighted by Gasteiger charge is 2.41. The van der Waals surface area contributed by atoms with Gasteiger partial charge in [0.05, 0.1) is 5.54 Å². The van der Waals surface area contributed by atoms with E-state index in [0.29, 0.717) is 13.1 Å². The van der Waals surface area contributed by atoms with Crippen LogP contribution in [-0.2, 0) is 9.59 Å². The fraction of sp³-hybridized carbons (Fsp3) is 0.882. The standard InChI is InChI=1S/C17H31N3O2/c1-3-4-11-19(2)15(21)14-7-12-20(13-8-14)16(22)17(18)9-5-6-10-17/h14H,3-13,18H2,1-2H3. The number of likely N-dealkylation sites (tertiary alicyclic amines) is 1. The van der Waals surface area contributed by atoms with Gasteiger partial charge in [-0.3, -0.25) is 9.59 Å². The van der Waals surface area contributed by atoms with E-state index in [1.165, 1.54) is 0 Å². The van der Waals surface area contributed by atoms with Crippen LogP contribution in [0.4, 0.5) is 0 Å². The first-order chi connectivity index (χ1) is 10.5. The van der Waals surface area contributed by atoms with Gasteiger partial charge >= 0.3 is 0 Å². The van der Waals surface area contributed by atoms with Crippen LogP contribution in [0, 0.1) is 5.92 Å². The summed E-state index contributed by atoms with van der Waals surface area (Å²) in [6.45, 7) is 4.32. The Morgan fingerprint density at radius 3 is 2.36 bits per heavy atom. The van der Waals surface area contributed by atoms with Gasteiger partial charge in [-0.2, -0.15) is 0 Å². The normalized spacial score (nSPS) is 21.9. The van der Waals surface area contributed by atoms with E-state index in [2.05, 4.69) is 6.92 Å². The van der Waals surface area contributed by atoms with Gasteiger partial charge in [-0.15, -0.1) is 0 Å². The first-order valence-electron chi connectivity index (χ1n) is 8.81. The number of carbonyl (C=O) groups is 2. The molecule has 0 atom stereocenters. The molecule has 0 aromatic carbocycles. The summed E-state index contributed by atoms with van der Waals surface area (Å²) >= 11 is 0. The number of piperidine rings is 1. The van der Waals surface area contributed by atoms with Gasteiger partial charge in [0, 0.05) is 32.6 Å². The lowest BCUT2D eigenvalue weighted by Gasteiger charge is -2.37. The van der Waals surface area contributed by atoms with Crippen molar-refractivity contribution in [3.63, 3.8) is 0 Å². The smallest absolute Gasteiger partial charge is 0.242 e. The van der Waals surface area contributed by atoms with Gasteiger partial charge in [0.25, 0.3) is 0 Å². The van der Waals surface area contributed by atoms with Crippen molar-refractivity contribution < 1.29 is 9.59 Å². The van der Waals surface area contributed by atoms with Crippen molar-refractivity contribution in [3.8, 4) is 0 Å². The quantitative estimate of drug-likeness (QED) is 0.841. The minimum atomic E-state index is -0.630. The second-order valence-corrected chi connectivity index (χ2v) is 7.04. The second-order valence-electron chi connectivity index (χ2n) is 7.04. The summed E-state index contributed by atoms with van der Waals surface area (Å²) in [5, 5.41) is 0. The van der Waals surface area contributed by atoms with E-state index in [4.69, 9.17) is 5.73 Å². The zero-order valence-corrected chi connectivity index (χ0v) is 14.1. The molecule has 22 heavy (non-hydrogen) atoms. The van der Waals surface area contributed by atoms with Gasteiger partial charge in [-0.25, -0.2) is 0 Å². The molecule has 1 aliphatic heterocycles. The molecule has 5 heteroatoms. The number of hydrogen-bond donors (Lipinski definition) is 1. The molecule has 1 saturated carbocycles. The van der Waals surface area contributed by atoms with Crippen LogP contribution in [0.1, 0.15) is 58.3 Å². The topological polar surface area (TPSA) is 66.6 Å². The molecule has 0 aromatic rings. The molecule has 0 bridgehead atoms. The van der Waals surface area contributed by atoms with Crippen LogP contribution < -0.4 is 5.73 Å². The van der Waals surface area contributed by atoms with Crippen molar-refractivity contribution in [2.24, 2.45) is 11.7 Å². The van der Waals surface area contributed by atoms with E-state index in [-0.39, 0.29) is 17.7 Å². The average Bonchev–Trinajstić information content (AvgIpc) is 2.99. The molecule has 2 N–H and O–H groups in total. The number of nitrogens with two attached hydrogens (primary N) is 1. The van der Waals surface area contributed by atoms with Gasteiger partial charge in [0.1, 0.15) is 0 Å². The molecule has 5 nitrogen and oxygen atoms in total. The average molecular weight is 309 g/mol. The molecule has 0 radical (unpaired) electrons. The van der Waals surface area contributed by atoms with E-state index in [1.807, 2.05) is 16.8 Å². The third kappa shape index (κ3) is 3.80. The van der Waals surface area contributed by atoms with Crippen molar-refractivity contribution in [1.82, 2.24) is 9.80 Å². The number of carbonyl (C=O) groups excluding carboxylic acids is 2. The number of nitrogens with zero attached hydrogens (tertiary/aromatic N) is 2. The second kappa shape index (κ2) is 7.44. The Labute approximate surface area is 134 Å². The van der Waals surface area contributed by atoms with Crippen molar-refractivity contribution in [2.75, 3.05) is 26.7 Å². The van der Waals surface area contributed by atoms with Crippen LogP contribution in [-0.4, -0.2) is 53.8 Å². The van der Waals surface area contributed by atoms with Crippen LogP contribution in [0.2, 0.25) is 0 Å². The fourth-order valence-electron chi connectivity index (χ4n) is 3.68. The lowest BCUT2D eigenvalue weighted by Crippen LogP contribution is -2.55. The van der Waals surface area contributed by atoms with Crippen molar-refractivity contribution in [1.29, 1.82) is 0 Å². The van der Waals surface area contributed by atoms with Crippen molar-refractivity contribution in [2.45, 2.75) is 63.8 Å². The summed E-state index contributed by atoms with van der Waals surface area (Å²) in [6.07, 6.45) is 7.43. The zero-order chi connectivity index (χ0) is 16.2. The van der Waals surface area contributed by atoms with E-state index in [1.54, 1.807) is 0 Å². The highest BCUT2D eigenvalue weighted by Crippen LogP contribution is 2.30. The third-order valence-corrected chi connectivity index (χ3v) is 5.28. The molecule has 126 valence electrons. The Bertz CT molecular complexity index is 397. The molecular weight excluding hydrogens is 278 g/mol. The first kappa shape index (κ1) is 17.3. The van der Waals surface area contributed by atoms with E-state index in [0.717, 1.165) is 57.9 Å². The minimum absolute atomic E-state index is 0.0724. The van der Waals surface area contributed by atoms with Crippen LogP contribution in [0.25, 0.3) is 0 Å². The van der Waals surface area contributed by atoms with Gasteiger partial charge < -0.3 is 15.5 Å². The summed E-state index contributed by atoms with van der Waals surface area (Å²) in [6, 6.07) is 0. The maximum absolute atomic E-state index is 12.6. The summed E-state index contributed by atoms with van der Waals surface area (Å²) in [5.41, 5.74) is 5.63. The highest BCUT2D eigenvalue weighted by atomic mass is 16.2. The monoisotopic (exact) mass is 309 g/mol. The van der Waals surface area contributed by atoms with E-state index < -0.39 is 5.54 Å². The molecule has 0 unspecified atom stereocenters. The Hall–Kier alpha value is -1.10. The molecule has 1 heterocycles. The lowest BCUT2D eigenvalue weighted by atomic mass is 9.91. The summed E-state index contributed by atoms with van der Waals surface area (Å²) in [7, 11) is 1.89. The molecule has 2 rings (SSSR count). The van der Waals surface area contributed by atoms with Crippen LogP contribution >= 0.6 is 0 Å². The summed E-state index contributed by atoms with van der Waals surface area (Å²) < 4.78 is 0. The highest BCUT2D eigenvalue weighted by molar-refractivity contribution is 5.87. The molecule has 2 aliphatic rings. The Balaban J connectivity index is 1.82. The van der Waals surface area contributed by atoms with Crippen molar-refractivity contribution >= 4 is 11.8 Å². The number of hydrogen-bond acceptors (Lipinski definition) is 3. The number of amides is 2. The molecular formula is C17H31N3O2. The molecule has 1 saturated heterocycles. The van der Waals surface area contributed by atoms with Crippen LogP contribution in [0.5, 0.6) is 0 Å². The molecule has 2 fully saturated rings. The summed E-state index contributed by atoms with van der Waals surface area (Å²) in [4.78, 5) is 28.7. The van der Waals surface area contributed by atoms with Gasteiger partial charge in [0.15, 0.2) is 0 Å². The fourth-order valence-corrected chi connectivity index (χ4v) is 3.68. The van der Waals surface area contributed by atoms with Crippen LogP contribution in [0.3, 0.4) is 0 Å². The van der Waals surface area contributed by atoms with Gasteiger partial charge in [0.2, 0.25) is 11.8 Å². The molecule has 2 amide bonds. The third-order valence-electron chi connectivity index (χ3n) is 5.28. The largest absolute Gasteiger partial charge is 0.346 e. The summed E-state index contributed by atoms with van der Waals surface area (Å²) in [5.74, 6) is 0.419. The Kier molecular flexibility index (Phi) is 5.84. The van der Waals surface area contributed by atoms with E-state index in [9.17, 15) is 9.59 Å². The molecule has 0 spiro atoms. The Morgan fingerprint density at radius 2 is 1.82 bits per heavy atom. The van der Waals surface area contributed by atoms with Crippen molar-refractivity contribution in [3.05, 3.63) is 0 Å². The minimum Gasteiger partial charge on any atom is -0.346 e. The number of rotatable bonds is 5. The lowest BCUT2D eigenvalue weighted by molar-refractivity contribution is -0.142. The molecule has 1 aliphatic carbocycles. The molecule has 0 aromatic heterocycles. The van der Waals surface area contributed by atoms with Gasteiger partial charge in [-0.1, -0.05) is 26.2 Å². The SMILES string of the molecule is CCCCN(C)C(=O)C1CCN(C(=O)C2(N)CCCC2)CC1. The van der Waals surface area contributed by atoms with Crippen LogP contribution in [0.15, 0.2) is 0 Å². The number of unbranched alkanes of at least 4 members (excludes halogenated alkanes) is 1. The van der Waals surface area contributed by atoms with Gasteiger partial charge in [-0.05, 0) is 32.1 Å². The Morgan fingerprint density at radius 1 is 1.23 bits per heavy atom. The zero-order valence-electron chi connectivity index (χ0n) is 14.1. The van der Waals surface area contributed by atoms with E-state index >= 15 is 0 Å². The predicted molar refractivity (Wildman–Crippen MR) is 87.2 cm³/mol. The maximum atomic E-state index is 12.6. The maximum Gasteiger partial charge on any atom is 0.242 e.